The molecule has 4 rings (SSSR count). The zero-order valence-corrected chi connectivity index (χ0v) is 17.9. The summed E-state index contributed by atoms with van der Waals surface area (Å²) in [6.07, 6.45) is -1.27. The third kappa shape index (κ3) is 4.11. The number of benzene rings is 2. The van der Waals surface area contributed by atoms with Gasteiger partial charge in [-0.25, -0.2) is 4.79 Å². The number of rotatable bonds is 6. The van der Waals surface area contributed by atoms with Crippen molar-refractivity contribution in [3.8, 4) is 11.1 Å². The summed E-state index contributed by atoms with van der Waals surface area (Å²) >= 11 is 0. The van der Waals surface area contributed by atoms with Crippen molar-refractivity contribution in [2.75, 3.05) is 20.2 Å². The minimum atomic E-state index is -3.28. The van der Waals surface area contributed by atoms with E-state index < -0.39 is 49.0 Å². The third-order valence-electron chi connectivity index (χ3n) is 5.93. The molecule has 1 heterocycles. The maximum atomic E-state index is 14.9. The molecular weight excluding hydrogens is 460 g/mol. The molecule has 2 aromatic carbocycles. The van der Waals surface area contributed by atoms with Gasteiger partial charge in [0.2, 0.25) is 5.91 Å². The molecule has 1 fully saturated rings. The van der Waals surface area contributed by atoms with Gasteiger partial charge in [0.05, 0.1) is 19.8 Å². The molecule has 1 aliphatic carbocycles. The normalized spacial score (nSPS) is 20.1. The van der Waals surface area contributed by atoms with E-state index in [4.69, 9.17) is 0 Å². The van der Waals surface area contributed by atoms with E-state index in [1.54, 1.807) is 6.07 Å². The number of nitrogens with zero attached hydrogens (tertiary/aromatic N) is 1. The average Bonchev–Trinajstić information content (AvgIpc) is 3.33. The number of carbonyl (C=O) groups excluding carboxylic acids is 3. The van der Waals surface area contributed by atoms with Gasteiger partial charge in [-0.3, -0.25) is 9.59 Å². The van der Waals surface area contributed by atoms with Gasteiger partial charge in [-0.05, 0) is 11.6 Å². The molecule has 34 heavy (non-hydrogen) atoms. The molecule has 0 spiro atoms. The Kier molecular flexibility index (Phi) is 6.30. The molecule has 0 saturated carbocycles. The van der Waals surface area contributed by atoms with Crippen molar-refractivity contribution in [3.05, 3.63) is 59.2 Å². The Bertz CT molecular complexity index is 1140. The van der Waals surface area contributed by atoms with E-state index in [-0.39, 0.29) is 40.8 Å². The second-order valence-corrected chi connectivity index (χ2v) is 7.87. The predicted molar refractivity (Wildman–Crippen MR) is 110 cm³/mol. The lowest BCUT2D eigenvalue weighted by Crippen LogP contribution is -2.46. The number of ether oxygens (including phenoxy) is 2. The molecule has 0 radical (unpaired) electrons. The van der Waals surface area contributed by atoms with Crippen LogP contribution in [0.15, 0.2) is 42.5 Å². The van der Waals surface area contributed by atoms with Crippen LogP contribution in [0.3, 0.4) is 0 Å². The Balaban J connectivity index is 1.52. The van der Waals surface area contributed by atoms with Crippen molar-refractivity contribution >= 4 is 17.8 Å². The number of amides is 2. The second-order valence-electron chi connectivity index (χ2n) is 7.87. The first-order valence-electron chi connectivity index (χ1n) is 10.4. The molecule has 2 atom stereocenters. The molecule has 1 N–H and O–H groups in total. The fourth-order valence-electron chi connectivity index (χ4n) is 4.44. The number of halogens is 4. The first-order valence-corrected chi connectivity index (χ1v) is 10.4. The number of hydrogen-bond donors (Lipinski definition) is 1. The smallest absolute Gasteiger partial charge is 0.345 e. The van der Waals surface area contributed by atoms with Crippen LogP contribution in [0.4, 0.5) is 17.6 Å². The van der Waals surface area contributed by atoms with Crippen LogP contribution in [0.5, 0.6) is 0 Å². The number of fused-ring (bicyclic) bond motifs is 3. The maximum absolute atomic E-state index is 14.9. The lowest BCUT2D eigenvalue weighted by molar-refractivity contribution is -0.160. The fraction of sp³-hybridized carbons (Fsp3) is 0.348. The molecule has 1 saturated heterocycles. The summed E-state index contributed by atoms with van der Waals surface area (Å²) in [5.41, 5.74) is -0.280. The standard InChI is InChI=1S/C23H20F4N2O5/c1-33-21(32)17-9-12(34-22(24)25)11-29(17)18(30)10-28-20(31)14-6-4-8-16-19(14)13-5-2-3-7-15(13)23(16,26)27/h2-8,12,17,22H,9-11H2,1H3,(H,28,31)/t12-,17+/m1/s1. The summed E-state index contributed by atoms with van der Waals surface area (Å²) in [4.78, 5) is 38.6. The summed E-state index contributed by atoms with van der Waals surface area (Å²) in [6, 6.07) is 8.64. The number of methoxy groups -OCH3 is 1. The zero-order valence-electron chi connectivity index (χ0n) is 17.9. The van der Waals surface area contributed by atoms with Crippen molar-refractivity contribution in [3.63, 3.8) is 0 Å². The molecule has 2 aliphatic rings. The maximum Gasteiger partial charge on any atom is 0.345 e. The van der Waals surface area contributed by atoms with Crippen molar-refractivity contribution < 1.29 is 41.4 Å². The molecule has 0 aromatic heterocycles. The largest absolute Gasteiger partial charge is 0.467 e. The lowest BCUT2D eigenvalue weighted by atomic mass is 9.99. The highest BCUT2D eigenvalue weighted by Gasteiger charge is 2.46. The highest BCUT2D eigenvalue weighted by Crippen LogP contribution is 2.51. The first-order chi connectivity index (χ1) is 16.1. The minimum Gasteiger partial charge on any atom is -0.467 e. The Labute approximate surface area is 191 Å². The number of nitrogens with one attached hydrogen (secondary N) is 1. The van der Waals surface area contributed by atoms with Gasteiger partial charge in [-0.2, -0.15) is 17.6 Å². The van der Waals surface area contributed by atoms with Crippen molar-refractivity contribution in [2.24, 2.45) is 0 Å². The van der Waals surface area contributed by atoms with Crippen LogP contribution in [0, 0.1) is 0 Å². The minimum absolute atomic E-state index is 0.0419. The summed E-state index contributed by atoms with van der Waals surface area (Å²) in [5, 5.41) is 2.38. The molecule has 11 heteroatoms. The second kappa shape index (κ2) is 9.05. The molecule has 180 valence electrons. The summed E-state index contributed by atoms with van der Waals surface area (Å²) in [6.45, 7) is -3.96. The SMILES string of the molecule is COC(=O)[C@@H]1C[C@@H](OC(F)F)CN1C(=O)CNC(=O)c1cccc2c1-c1ccccc1C2(F)F. The van der Waals surface area contributed by atoms with E-state index in [0.29, 0.717) is 0 Å². The molecule has 2 aromatic rings. The fourth-order valence-corrected chi connectivity index (χ4v) is 4.44. The molecule has 1 aliphatic heterocycles. The highest BCUT2D eigenvalue weighted by atomic mass is 19.3. The van der Waals surface area contributed by atoms with Crippen LogP contribution in [-0.4, -0.2) is 61.6 Å². The van der Waals surface area contributed by atoms with Gasteiger partial charge < -0.3 is 19.7 Å². The van der Waals surface area contributed by atoms with Crippen molar-refractivity contribution in [1.82, 2.24) is 10.2 Å². The molecule has 0 unspecified atom stereocenters. The van der Waals surface area contributed by atoms with Gasteiger partial charge in [0.15, 0.2) is 0 Å². The van der Waals surface area contributed by atoms with Crippen molar-refractivity contribution in [1.29, 1.82) is 0 Å². The predicted octanol–water partition coefficient (Wildman–Crippen LogP) is 2.92. The Hall–Kier alpha value is -3.47. The molecule has 0 bridgehead atoms. The summed E-state index contributed by atoms with van der Waals surface area (Å²) in [5.74, 6) is -5.59. The van der Waals surface area contributed by atoms with Crippen LogP contribution < -0.4 is 5.32 Å². The topological polar surface area (TPSA) is 84.9 Å². The molecular formula is C23H20F4N2O5. The third-order valence-corrected chi connectivity index (χ3v) is 5.93. The van der Waals surface area contributed by atoms with E-state index in [1.807, 2.05) is 0 Å². The van der Waals surface area contributed by atoms with Crippen molar-refractivity contribution in [2.45, 2.75) is 31.1 Å². The van der Waals surface area contributed by atoms with E-state index in [0.717, 1.165) is 12.0 Å². The highest BCUT2D eigenvalue weighted by molar-refractivity contribution is 6.04. The number of carbonyl (C=O) groups is 3. The quantitative estimate of drug-likeness (QED) is 0.508. The summed E-state index contributed by atoms with van der Waals surface area (Å²) < 4.78 is 64.0. The van der Waals surface area contributed by atoms with Gasteiger partial charge >= 0.3 is 12.6 Å². The molecule has 2 amide bonds. The van der Waals surface area contributed by atoms with E-state index in [9.17, 15) is 31.9 Å². The van der Waals surface area contributed by atoms with E-state index in [1.165, 1.54) is 36.4 Å². The van der Waals surface area contributed by atoms with Gasteiger partial charge in [-0.1, -0.05) is 36.4 Å². The van der Waals surface area contributed by atoms with Gasteiger partial charge in [-0.15, -0.1) is 0 Å². The average molecular weight is 480 g/mol. The monoisotopic (exact) mass is 480 g/mol. The van der Waals surface area contributed by atoms with E-state index >= 15 is 0 Å². The Morgan fingerprint density at radius 3 is 2.53 bits per heavy atom. The lowest BCUT2D eigenvalue weighted by Gasteiger charge is -2.22. The molecule has 7 nitrogen and oxygen atoms in total. The van der Waals surface area contributed by atoms with Gasteiger partial charge in [0.25, 0.3) is 11.8 Å². The van der Waals surface area contributed by atoms with Crippen LogP contribution in [0.2, 0.25) is 0 Å². The first kappa shape index (κ1) is 23.7. The van der Waals surface area contributed by atoms with Gasteiger partial charge in [0, 0.05) is 35.2 Å². The number of alkyl halides is 4. The van der Waals surface area contributed by atoms with Crippen LogP contribution in [0.25, 0.3) is 11.1 Å². The van der Waals surface area contributed by atoms with E-state index in [2.05, 4.69) is 14.8 Å². The van der Waals surface area contributed by atoms with Crippen LogP contribution in [0.1, 0.15) is 27.9 Å². The Morgan fingerprint density at radius 1 is 1.12 bits per heavy atom. The van der Waals surface area contributed by atoms with Crippen LogP contribution in [-0.2, 0) is 25.0 Å². The number of likely N-dealkylation sites (tertiary alicyclic amines) is 1. The number of esters is 1. The van der Waals surface area contributed by atoms with Crippen LogP contribution >= 0.6 is 0 Å². The number of hydrogen-bond acceptors (Lipinski definition) is 5. The van der Waals surface area contributed by atoms with Gasteiger partial charge in [0.1, 0.15) is 6.04 Å². The summed E-state index contributed by atoms with van der Waals surface area (Å²) in [7, 11) is 1.09. The zero-order chi connectivity index (χ0) is 24.6. The Morgan fingerprint density at radius 2 is 1.82 bits per heavy atom.